The average molecular weight is 595 g/mol. The predicted molar refractivity (Wildman–Crippen MR) is 145 cm³/mol. The van der Waals surface area contributed by atoms with Crippen LogP contribution in [0.5, 0.6) is 11.5 Å². The summed E-state index contributed by atoms with van der Waals surface area (Å²) in [5.41, 5.74) is 2.71. The minimum atomic E-state index is -0.554. The molecule has 0 aliphatic rings. The maximum absolute atomic E-state index is 12.7. The number of ether oxygens (including phenoxy) is 2. The van der Waals surface area contributed by atoms with Crippen LogP contribution in [0.3, 0.4) is 0 Å². The lowest BCUT2D eigenvalue weighted by atomic mass is 10.1. The van der Waals surface area contributed by atoms with E-state index in [1.165, 1.54) is 6.08 Å². The molecule has 0 radical (unpaired) electrons. The fourth-order valence-electron chi connectivity index (χ4n) is 3.04. The number of hydrogen-bond acceptors (Lipinski definition) is 4. The molecule has 0 aromatic heterocycles. The number of benzene rings is 3. The van der Waals surface area contributed by atoms with Crippen LogP contribution >= 0.6 is 50.7 Å². The molecule has 9 heteroatoms. The van der Waals surface area contributed by atoms with E-state index in [1.54, 1.807) is 42.5 Å². The highest BCUT2D eigenvalue weighted by molar-refractivity contribution is 9.10. The van der Waals surface area contributed by atoms with Gasteiger partial charge < -0.3 is 14.8 Å². The quantitative estimate of drug-likeness (QED) is 0.211. The number of nitrogens with zero attached hydrogens (tertiary/aromatic N) is 1. The second-order valence-electron chi connectivity index (χ2n) is 7.39. The van der Waals surface area contributed by atoms with Gasteiger partial charge in [-0.05, 0) is 88.9 Å². The number of anilines is 1. The van der Waals surface area contributed by atoms with Crippen LogP contribution in [0.2, 0.25) is 15.1 Å². The number of hydrogen-bond donors (Lipinski definition) is 1. The first-order valence-corrected chi connectivity index (χ1v) is 12.4. The summed E-state index contributed by atoms with van der Waals surface area (Å²) in [5.74, 6) is 0.380. The van der Waals surface area contributed by atoms with Crippen LogP contribution in [0, 0.1) is 18.3 Å². The molecule has 0 atom stereocenters. The van der Waals surface area contributed by atoms with Gasteiger partial charge in [-0.15, -0.1) is 0 Å². The van der Waals surface area contributed by atoms with Gasteiger partial charge in [0, 0.05) is 10.7 Å². The lowest BCUT2D eigenvalue weighted by Gasteiger charge is -2.15. The third kappa shape index (κ3) is 7.16. The van der Waals surface area contributed by atoms with E-state index in [9.17, 15) is 10.1 Å². The minimum Gasteiger partial charge on any atom is -0.490 e. The highest BCUT2D eigenvalue weighted by atomic mass is 79.9. The standard InChI is InChI=1S/C26H20BrCl3N2O3/c1-3-34-24-11-17(8-18(13-31)26(33)32-19-6-4-15(2)22(29)12-19)9-20(27)25(24)35-14-16-5-7-21(28)23(30)10-16/h4-12H,3,14H2,1-2H3,(H,32,33)/b18-8-. The fraction of sp³-hybridized carbons (Fsp3) is 0.154. The molecule has 0 fully saturated rings. The summed E-state index contributed by atoms with van der Waals surface area (Å²) in [7, 11) is 0. The van der Waals surface area contributed by atoms with Crippen molar-refractivity contribution in [2.45, 2.75) is 20.5 Å². The van der Waals surface area contributed by atoms with E-state index in [4.69, 9.17) is 44.3 Å². The molecule has 5 nitrogen and oxygen atoms in total. The molecule has 0 heterocycles. The van der Waals surface area contributed by atoms with Gasteiger partial charge in [-0.3, -0.25) is 4.79 Å². The molecular weight excluding hydrogens is 575 g/mol. The third-order valence-electron chi connectivity index (χ3n) is 4.80. The number of halogens is 4. The molecule has 0 spiro atoms. The van der Waals surface area contributed by atoms with Gasteiger partial charge >= 0.3 is 0 Å². The first-order chi connectivity index (χ1) is 16.7. The zero-order chi connectivity index (χ0) is 25.5. The fourth-order valence-corrected chi connectivity index (χ4v) is 4.12. The first-order valence-electron chi connectivity index (χ1n) is 10.4. The zero-order valence-electron chi connectivity index (χ0n) is 18.8. The number of rotatable bonds is 8. The molecule has 0 aliphatic carbocycles. The molecule has 0 aliphatic heterocycles. The van der Waals surface area contributed by atoms with E-state index < -0.39 is 5.91 Å². The number of nitrogens with one attached hydrogen (secondary N) is 1. The highest BCUT2D eigenvalue weighted by Crippen LogP contribution is 2.38. The largest absolute Gasteiger partial charge is 0.490 e. The molecule has 0 bridgehead atoms. The van der Waals surface area contributed by atoms with Crippen LogP contribution in [0.25, 0.3) is 6.08 Å². The lowest BCUT2D eigenvalue weighted by molar-refractivity contribution is -0.112. The number of carbonyl (C=O) groups is 1. The number of aryl methyl sites for hydroxylation is 1. The normalized spacial score (nSPS) is 11.1. The van der Waals surface area contributed by atoms with E-state index in [-0.39, 0.29) is 12.2 Å². The Hall–Kier alpha value is -2.69. The topological polar surface area (TPSA) is 71.3 Å². The lowest BCUT2D eigenvalue weighted by Crippen LogP contribution is -2.13. The Morgan fingerprint density at radius 3 is 2.49 bits per heavy atom. The van der Waals surface area contributed by atoms with Crippen molar-refractivity contribution in [2.75, 3.05) is 11.9 Å². The van der Waals surface area contributed by atoms with Crippen molar-refractivity contribution in [3.63, 3.8) is 0 Å². The molecule has 0 saturated carbocycles. The van der Waals surface area contributed by atoms with Crippen LogP contribution in [0.15, 0.2) is 58.6 Å². The third-order valence-corrected chi connectivity index (χ3v) is 6.54. The van der Waals surface area contributed by atoms with Crippen molar-refractivity contribution in [3.8, 4) is 17.6 Å². The van der Waals surface area contributed by atoms with E-state index in [0.29, 0.717) is 48.9 Å². The van der Waals surface area contributed by atoms with E-state index in [0.717, 1.165) is 11.1 Å². The molecule has 0 saturated heterocycles. The van der Waals surface area contributed by atoms with E-state index in [2.05, 4.69) is 21.2 Å². The van der Waals surface area contributed by atoms with Gasteiger partial charge in [0.15, 0.2) is 11.5 Å². The summed E-state index contributed by atoms with van der Waals surface area (Å²) in [5, 5.41) is 13.7. The highest BCUT2D eigenvalue weighted by Gasteiger charge is 2.15. The average Bonchev–Trinajstić information content (AvgIpc) is 2.81. The summed E-state index contributed by atoms with van der Waals surface area (Å²) in [4.78, 5) is 12.7. The van der Waals surface area contributed by atoms with Crippen LogP contribution < -0.4 is 14.8 Å². The summed E-state index contributed by atoms with van der Waals surface area (Å²) >= 11 is 21.7. The van der Waals surface area contributed by atoms with Crippen LogP contribution in [0.1, 0.15) is 23.6 Å². The van der Waals surface area contributed by atoms with Gasteiger partial charge in [0.25, 0.3) is 5.91 Å². The summed E-state index contributed by atoms with van der Waals surface area (Å²) in [6, 6.07) is 15.8. The molecular formula is C26H20BrCl3N2O3. The van der Waals surface area contributed by atoms with E-state index in [1.807, 2.05) is 26.0 Å². The summed E-state index contributed by atoms with van der Waals surface area (Å²) < 4.78 is 12.3. The van der Waals surface area contributed by atoms with Gasteiger partial charge in [-0.25, -0.2) is 0 Å². The molecule has 3 rings (SSSR count). The number of amides is 1. The number of carbonyl (C=O) groups excluding carboxylic acids is 1. The molecule has 3 aromatic rings. The Morgan fingerprint density at radius 1 is 1.06 bits per heavy atom. The molecule has 180 valence electrons. The van der Waals surface area contributed by atoms with Crippen LogP contribution in [0.4, 0.5) is 5.69 Å². The van der Waals surface area contributed by atoms with Crippen molar-refractivity contribution in [1.29, 1.82) is 5.26 Å². The van der Waals surface area contributed by atoms with Gasteiger partial charge in [0.1, 0.15) is 18.2 Å². The second kappa shape index (κ2) is 12.3. The van der Waals surface area contributed by atoms with Gasteiger partial charge in [-0.1, -0.05) is 46.9 Å². The van der Waals surface area contributed by atoms with Crippen LogP contribution in [-0.2, 0) is 11.4 Å². The van der Waals surface area contributed by atoms with Crippen molar-refractivity contribution >= 4 is 68.4 Å². The Balaban J connectivity index is 1.85. The van der Waals surface area contributed by atoms with Crippen molar-refractivity contribution in [1.82, 2.24) is 0 Å². The first kappa shape index (κ1) is 26.9. The van der Waals surface area contributed by atoms with Gasteiger partial charge in [-0.2, -0.15) is 5.26 Å². The van der Waals surface area contributed by atoms with Crippen LogP contribution in [-0.4, -0.2) is 12.5 Å². The summed E-state index contributed by atoms with van der Waals surface area (Å²) in [6.45, 7) is 4.33. The zero-order valence-corrected chi connectivity index (χ0v) is 22.6. The maximum Gasteiger partial charge on any atom is 0.266 e. The van der Waals surface area contributed by atoms with E-state index >= 15 is 0 Å². The molecule has 0 unspecified atom stereocenters. The Kier molecular flexibility index (Phi) is 9.47. The Morgan fingerprint density at radius 2 is 1.83 bits per heavy atom. The SMILES string of the molecule is CCOc1cc(/C=C(/C#N)C(=O)Nc2ccc(C)c(Cl)c2)cc(Br)c1OCc1ccc(Cl)c(Cl)c1. The summed E-state index contributed by atoms with van der Waals surface area (Å²) in [6.07, 6.45) is 1.47. The maximum atomic E-state index is 12.7. The molecule has 35 heavy (non-hydrogen) atoms. The number of nitriles is 1. The van der Waals surface area contributed by atoms with Gasteiger partial charge in [0.05, 0.1) is 21.1 Å². The monoisotopic (exact) mass is 592 g/mol. The minimum absolute atomic E-state index is 0.0829. The molecule has 3 aromatic carbocycles. The smallest absolute Gasteiger partial charge is 0.266 e. The molecule has 1 N–H and O–H groups in total. The Bertz CT molecular complexity index is 1340. The van der Waals surface area contributed by atoms with Crippen molar-refractivity contribution in [3.05, 3.63) is 90.3 Å². The Labute approximate surface area is 227 Å². The predicted octanol–water partition coefficient (Wildman–Crippen LogP) is 8.24. The van der Waals surface area contributed by atoms with Crippen molar-refractivity contribution < 1.29 is 14.3 Å². The second-order valence-corrected chi connectivity index (χ2v) is 9.46. The molecule has 1 amide bonds. The van der Waals surface area contributed by atoms with Gasteiger partial charge in [0.2, 0.25) is 0 Å². The van der Waals surface area contributed by atoms with Crippen molar-refractivity contribution in [2.24, 2.45) is 0 Å².